The number of hydrogen-bond donors (Lipinski definition) is 0. The maximum absolute atomic E-state index is 12.8. The molecule has 1 aromatic heterocycles. The number of hydrogen-bond acceptors (Lipinski definition) is 3. The van der Waals surface area contributed by atoms with Gasteiger partial charge in [0.2, 0.25) is 0 Å². The van der Waals surface area contributed by atoms with Gasteiger partial charge in [0.1, 0.15) is 5.75 Å². The maximum atomic E-state index is 12.8. The fraction of sp³-hybridized carbons (Fsp3) is 0.400. The summed E-state index contributed by atoms with van der Waals surface area (Å²) in [5, 5.41) is 0.665. The summed E-state index contributed by atoms with van der Waals surface area (Å²) in [5.74, 6) is 0.884. The van der Waals surface area contributed by atoms with Crippen LogP contribution in [0.2, 0.25) is 5.02 Å². The number of likely N-dealkylation sites (tertiary alicyclic amines) is 1. The number of piperidine rings is 1. The third kappa shape index (κ3) is 3.23. The first-order valence-electron chi connectivity index (χ1n) is 8.83. The summed E-state index contributed by atoms with van der Waals surface area (Å²) in [6, 6.07) is 7.78. The molecule has 0 N–H and O–H groups in total. The zero-order chi connectivity index (χ0) is 17.4. The van der Waals surface area contributed by atoms with Crippen LogP contribution in [0.5, 0.6) is 5.75 Å². The number of carbonyl (C=O) groups is 1. The molecule has 1 amide bonds. The van der Waals surface area contributed by atoms with Gasteiger partial charge >= 0.3 is 0 Å². The first kappa shape index (κ1) is 16.4. The molecular weight excluding hydrogens is 336 g/mol. The van der Waals surface area contributed by atoms with Crippen molar-refractivity contribution in [3.05, 3.63) is 46.7 Å². The smallest absolute Gasteiger partial charge is 0.263 e. The van der Waals surface area contributed by atoms with Crippen LogP contribution in [-0.4, -0.2) is 35.0 Å². The molecule has 1 aromatic carbocycles. The van der Waals surface area contributed by atoms with Crippen LogP contribution in [0.15, 0.2) is 30.5 Å². The molecule has 0 saturated carbocycles. The fourth-order valence-electron chi connectivity index (χ4n) is 3.71. The third-order valence-corrected chi connectivity index (χ3v) is 5.17. The van der Waals surface area contributed by atoms with Gasteiger partial charge in [-0.25, -0.2) is 0 Å². The summed E-state index contributed by atoms with van der Waals surface area (Å²) in [5.41, 5.74) is 3.89. The largest absolute Gasteiger partial charge is 0.479 e. The standard InChI is InChI=1S/C20H21ClN2O2/c1-13-9-14(5-6-22-13)17-12-16(21)10-15-11-18(25-19(15)17)20(24)23-7-3-2-4-8-23/h5-6,9-10,12,18H,2-4,7-8,11H2,1H3. The molecule has 0 radical (unpaired) electrons. The van der Waals surface area contributed by atoms with Crippen molar-refractivity contribution in [2.24, 2.45) is 0 Å². The second-order valence-corrected chi connectivity index (χ2v) is 7.26. The Labute approximate surface area is 152 Å². The van der Waals surface area contributed by atoms with E-state index in [9.17, 15) is 4.79 Å². The SMILES string of the molecule is Cc1cc(-c2cc(Cl)cc3c2OC(C(=O)N2CCCCC2)C3)ccn1. The highest BCUT2D eigenvalue weighted by atomic mass is 35.5. The van der Waals surface area contributed by atoms with Gasteiger partial charge in [0.15, 0.2) is 6.10 Å². The van der Waals surface area contributed by atoms with Gasteiger partial charge in [-0.05, 0) is 56.0 Å². The van der Waals surface area contributed by atoms with Crippen molar-refractivity contribution in [3.63, 3.8) is 0 Å². The highest BCUT2D eigenvalue weighted by molar-refractivity contribution is 6.31. The average molecular weight is 357 g/mol. The molecule has 2 aliphatic heterocycles. The number of ether oxygens (including phenoxy) is 1. The molecule has 1 fully saturated rings. The zero-order valence-corrected chi connectivity index (χ0v) is 15.1. The minimum atomic E-state index is -0.437. The number of aromatic nitrogens is 1. The molecule has 4 rings (SSSR count). The molecule has 25 heavy (non-hydrogen) atoms. The van der Waals surface area contributed by atoms with E-state index in [-0.39, 0.29) is 5.91 Å². The summed E-state index contributed by atoms with van der Waals surface area (Å²) in [6.07, 6.45) is 5.30. The van der Waals surface area contributed by atoms with Crippen molar-refractivity contribution in [2.45, 2.75) is 38.7 Å². The van der Waals surface area contributed by atoms with Gasteiger partial charge in [-0.2, -0.15) is 0 Å². The number of fused-ring (bicyclic) bond motifs is 1. The molecule has 2 aliphatic rings. The van der Waals surface area contributed by atoms with E-state index >= 15 is 0 Å². The second kappa shape index (κ2) is 6.68. The quantitative estimate of drug-likeness (QED) is 0.816. The second-order valence-electron chi connectivity index (χ2n) is 6.82. The van der Waals surface area contributed by atoms with Crippen LogP contribution in [0.4, 0.5) is 0 Å². The lowest BCUT2D eigenvalue weighted by Crippen LogP contribution is -2.43. The van der Waals surface area contributed by atoms with Crippen LogP contribution < -0.4 is 4.74 Å². The summed E-state index contributed by atoms with van der Waals surface area (Å²) < 4.78 is 6.13. The van der Waals surface area contributed by atoms with E-state index in [0.29, 0.717) is 11.4 Å². The Bertz CT molecular complexity index is 815. The zero-order valence-electron chi connectivity index (χ0n) is 14.3. The predicted molar refractivity (Wildman–Crippen MR) is 98.0 cm³/mol. The van der Waals surface area contributed by atoms with E-state index in [1.165, 1.54) is 6.42 Å². The first-order valence-corrected chi connectivity index (χ1v) is 9.20. The molecule has 5 heteroatoms. The topological polar surface area (TPSA) is 42.4 Å². The van der Waals surface area contributed by atoms with Crippen LogP contribution in [0.25, 0.3) is 11.1 Å². The molecule has 1 saturated heterocycles. The summed E-state index contributed by atoms with van der Waals surface area (Å²) in [4.78, 5) is 19.0. The monoisotopic (exact) mass is 356 g/mol. The van der Waals surface area contributed by atoms with Gasteiger partial charge in [-0.3, -0.25) is 9.78 Å². The van der Waals surface area contributed by atoms with E-state index in [1.54, 1.807) is 6.20 Å². The van der Waals surface area contributed by atoms with Crippen LogP contribution in [0.3, 0.4) is 0 Å². The summed E-state index contributed by atoms with van der Waals surface area (Å²) in [6.45, 7) is 3.64. The minimum absolute atomic E-state index is 0.101. The van der Waals surface area contributed by atoms with Gasteiger partial charge in [-0.15, -0.1) is 0 Å². The van der Waals surface area contributed by atoms with Crippen molar-refractivity contribution in [1.82, 2.24) is 9.88 Å². The highest BCUT2D eigenvalue weighted by Gasteiger charge is 2.34. The van der Waals surface area contributed by atoms with Gasteiger partial charge in [-0.1, -0.05) is 11.6 Å². The van der Waals surface area contributed by atoms with Crippen molar-refractivity contribution in [2.75, 3.05) is 13.1 Å². The minimum Gasteiger partial charge on any atom is -0.479 e. The number of aryl methyl sites for hydroxylation is 1. The third-order valence-electron chi connectivity index (χ3n) is 4.95. The molecule has 0 bridgehead atoms. The Morgan fingerprint density at radius 2 is 2.04 bits per heavy atom. The van der Waals surface area contributed by atoms with Crippen molar-refractivity contribution in [3.8, 4) is 16.9 Å². The van der Waals surface area contributed by atoms with Crippen LogP contribution >= 0.6 is 11.6 Å². The van der Waals surface area contributed by atoms with Gasteiger partial charge < -0.3 is 9.64 Å². The number of rotatable bonds is 2. The predicted octanol–water partition coefficient (Wildman–Crippen LogP) is 4.03. The summed E-state index contributed by atoms with van der Waals surface area (Å²) >= 11 is 6.33. The number of nitrogens with zero attached hydrogens (tertiary/aromatic N) is 2. The Morgan fingerprint density at radius 1 is 1.24 bits per heavy atom. The molecule has 0 aliphatic carbocycles. The average Bonchev–Trinajstić information content (AvgIpc) is 3.05. The van der Waals surface area contributed by atoms with E-state index in [0.717, 1.165) is 54.1 Å². The summed E-state index contributed by atoms with van der Waals surface area (Å²) in [7, 11) is 0. The number of halogens is 1. The van der Waals surface area contributed by atoms with Crippen molar-refractivity contribution in [1.29, 1.82) is 0 Å². The van der Waals surface area contributed by atoms with Crippen molar-refractivity contribution < 1.29 is 9.53 Å². The lowest BCUT2D eigenvalue weighted by Gasteiger charge is -2.28. The molecule has 2 aromatic rings. The Morgan fingerprint density at radius 3 is 2.80 bits per heavy atom. The Balaban J connectivity index is 1.64. The normalized spacial score (nSPS) is 19.4. The maximum Gasteiger partial charge on any atom is 0.263 e. The van der Waals surface area contributed by atoms with Gasteiger partial charge in [0, 0.05) is 47.6 Å². The number of amides is 1. The molecule has 0 spiro atoms. The molecular formula is C20H21ClN2O2. The first-order chi connectivity index (χ1) is 12.1. The molecule has 3 heterocycles. The van der Waals surface area contributed by atoms with E-state index < -0.39 is 6.10 Å². The highest BCUT2D eigenvalue weighted by Crippen LogP contribution is 2.41. The van der Waals surface area contributed by atoms with E-state index in [2.05, 4.69) is 4.98 Å². The van der Waals surface area contributed by atoms with E-state index in [1.807, 2.05) is 36.1 Å². The Kier molecular flexibility index (Phi) is 4.38. The van der Waals surface area contributed by atoms with Crippen LogP contribution in [0.1, 0.15) is 30.5 Å². The number of carbonyl (C=O) groups excluding carboxylic acids is 1. The lowest BCUT2D eigenvalue weighted by atomic mass is 10.0. The molecule has 1 atom stereocenters. The number of benzene rings is 1. The Hall–Kier alpha value is -2.07. The van der Waals surface area contributed by atoms with Crippen LogP contribution in [0, 0.1) is 6.92 Å². The molecule has 130 valence electrons. The number of pyridine rings is 1. The van der Waals surface area contributed by atoms with Gasteiger partial charge in [0.25, 0.3) is 5.91 Å². The molecule has 1 unspecified atom stereocenters. The van der Waals surface area contributed by atoms with Crippen molar-refractivity contribution >= 4 is 17.5 Å². The lowest BCUT2D eigenvalue weighted by molar-refractivity contribution is -0.138. The molecule has 4 nitrogen and oxygen atoms in total. The fourth-order valence-corrected chi connectivity index (χ4v) is 3.95. The van der Waals surface area contributed by atoms with E-state index in [4.69, 9.17) is 16.3 Å². The van der Waals surface area contributed by atoms with Gasteiger partial charge in [0.05, 0.1) is 0 Å². The van der Waals surface area contributed by atoms with Crippen LogP contribution in [-0.2, 0) is 11.2 Å².